The molecule has 3 rings (SSSR count). The molecule has 1 aromatic heterocycles. The molecule has 0 N–H and O–H groups in total. The van der Waals surface area contributed by atoms with Crippen molar-refractivity contribution in [2.24, 2.45) is 0 Å². The Morgan fingerprint density at radius 2 is 1.82 bits per heavy atom. The summed E-state index contributed by atoms with van der Waals surface area (Å²) in [7, 11) is 0. The molecule has 0 atom stereocenters. The highest BCUT2D eigenvalue weighted by molar-refractivity contribution is 5.60. The number of hydrogen-bond donors (Lipinski definition) is 0. The lowest BCUT2D eigenvalue weighted by Crippen LogP contribution is -1.98. The van der Waals surface area contributed by atoms with Gasteiger partial charge in [-0.1, -0.05) is 38.1 Å². The summed E-state index contributed by atoms with van der Waals surface area (Å²) in [5.41, 5.74) is 3.92. The molecular weight excluding hydrogens is 208 g/mol. The van der Waals surface area contributed by atoms with Gasteiger partial charge >= 0.3 is 0 Å². The first kappa shape index (κ1) is 10.6. The van der Waals surface area contributed by atoms with Crippen LogP contribution in [0.5, 0.6) is 0 Å². The Morgan fingerprint density at radius 3 is 2.41 bits per heavy atom. The van der Waals surface area contributed by atoms with Crippen LogP contribution >= 0.6 is 0 Å². The van der Waals surface area contributed by atoms with Crippen molar-refractivity contribution in [3.8, 4) is 11.3 Å². The molecule has 0 saturated heterocycles. The molecule has 1 saturated carbocycles. The summed E-state index contributed by atoms with van der Waals surface area (Å²) in [6.45, 7) is 4.45. The van der Waals surface area contributed by atoms with Gasteiger partial charge in [-0.2, -0.15) is 5.10 Å². The second-order valence-corrected chi connectivity index (χ2v) is 5.17. The zero-order valence-electron chi connectivity index (χ0n) is 10.4. The van der Waals surface area contributed by atoms with Gasteiger partial charge in [0.15, 0.2) is 0 Å². The zero-order chi connectivity index (χ0) is 11.8. The molecule has 2 aromatic rings. The lowest BCUT2D eigenvalue weighted by molar-refractivity contribution is 0.649. The Morgan fingerprint density at radius 1 is 1.12 bits per heavy atom. The van der Waals surface area contributed by atoms with Gasteiger partial charge in [0.1, 0.15) is 0 Å². The van der Waals surface area contributed by atoms with E-state index in [1.165, 1.54) is 29.7 Å². The molecule has 0 bridgehead atoms. The van der Waals surface area contributed by atoms with Crippen LogP contribution in [-0.2, 0) is 0 Å². The van der Waals surface area contributed by atoms with Crippen LogP contribution in [0.4, 0.5) is 0 Å². The quantitative estimate of drug-likeness (QED) is 0.773. The summed E-state index contributed by atoms with van der Waals surface area (Å²) >= 11 is 0. The fourth-order valence-corrected chi connectivity index (χ4v) is 2.19. The van der Waals surface area contributed by atoms with Gasteiger partial charge in [0.05, 0.1) is 11.7 Å². The zero-order valence-corrected chi connectivity index (χ0v) is 10.4. The molecule has 0 spiro atoms. The van der Waals surface area contributed by atoms with Crippen LogP contribution in [-0.4, -0.2) is 9.78 Å². The number of nitrogens with zero attached hydrogens (tertiary/aromatic N) is 2. The van der Waals surface area contributed by atoms with E-state index in [0.29, 0.717) is 12.0 Å². The van der Waals surface area contributed by atoms with Gasteiger partial charge in [-0.05, 0) is 36.0 Å². The summed E-state index contributed by atoms with van der Waals surface area (Å²) in [5.74, 6) is 0.595. The third-order valence-corrected chi connectivity index (χ3v) is 3.44. The first-order valence-corrected chi connectivity index (χ1v) is 6.39. The van der Waals surface area contributed by atoms with Crippen molar-refractivity contribution in [3.05, 3.63) is 42.1 Å². The average Bonchev–Trinajstić information content (AvgIpc) is 3.07. The van der Waals surface area contributed by atoms with Crippen molar-refractivity contribution in [3.63, 3.8) is 0 Å². The van der Waals surface area contributed by atoms with Gasteiger partial charge in [0, 0.05) is 6.20 Å². The average molecular weight is 226 g/mol. The van der Waals surface area contributed by atoms with E-state index in [-0.39, 0.29) is 0 Å². The normalized spacial score (nSPS) is 15.5. The summed E-state index contributed by atoms with van der Waals surface area (Å²) in [4.78, 5) is 0. The van der Waals surface area contributed by atoms with Gasteiger partial charge in [-0.3, -0.25) is 4.68 Å². The number of aromatic nitrogens is 2. The van der Waals surface area contributed by atoms with E-state index in [9.17, 15) is 0 Å². The topological polar surface area (TPSA) is 17.8 Å². The van der Waals surface area contributed by atoms with E-state index in [1.54, 1.807) is 0 Å². The Bertz CT molecular complexity index is 504. The van der Waals surface area contributed by atoms with E-state index in [4.69, 9.17) is 0 Å². The van der Waals surface area contributed by atoms with Crippen molar-refractivity contribution in [2.45, 2.75) is 38.6 Å². The summed E-state index contributed by atoms with van der Waals surface area (Å²) in [5, 5.41) is 4.43. The number of rotatable bonds is 3. The first-order valence-electron chi connectivity index (χ1n) is 6.39. The molecule has 1 fully saturated rings. The van der Waals surface area contributed by atoms with Gasteiger partial charge in [0.2, 0.25) is 0 Å². The number of hydrogen-bond acceptors (Lipinski definition) is 1. The third kappa shape index (κ3) is 1.99. The van der Waals surface area contributed by atoms with Gasteiger partial charge < -0.3 is 0 Å². The minimum absolute atomic E-state index is 0.595. The molecule has 1 aliphatic rings. The molecule has 0 unspecified atom stereocenters. The summed E-state index contributed by atoms with van der Waals surface area (Å²) in [6.07, 6.45) is 4.46. The second-order valence-electron chi connectivity index (χ2n) is 5.17. The highest BCUT2D eigenvalue weighted by Crippen LogP contribution is 2.37. The molecular formula is C15H18N2. The van der Waals surface area contributed by atoms with Gasteiger partial charge in [-0.15, -0.1) is 0 Å². The third-order valence-electron chi connectivity index (χ3n) is 3.44. The summed E-state index contributed by atoms with van der Waals surface area (Å²) < 4.78 is 2.17. The van der Waals surface area contributed by atoms with Gasteiger partial charge in [-0.25, -0.2) is 0 Å². The maximum atomic E-state index is 4.43. The minimum Gasteiger partial charge on any atom is -0.262 e. The van der Waals surface area contributed by atoms with Crippen molar-refractivity contribution in [1.29, 1.82) is 0 Å². The molecule has 88 valence electrons. The molecule has 1 aliphatic carbocycles. The van der Waals surface area contributed by atoms with Crippen molar-refractivity contribution in [2.75, 3.05) is 0 Å². The number of benzene rings is 1. The molecule has 0 amide bonds. The SMILES string of the molecule is CC(C)c1ccc(-c2ccnn2C2CC2)cc1. The Kier molecular flexibility index (Phi) is 2.50. The maximum Gasteiger partial charge on any atom is 0.0685 e. The van der Waals surface area contributed by atoms with Crippen LogP contribution in [0.15, 0.2) is 36.5 Å². The van der Waals surface area contributed by atoms with Crippen LogP contribution in [0.1, 0.15) is 44.2 Å². The van der Waals surface area contributed by atoms with Crippen LogP contribution in [0.2, 0.25) is 0 Å². The fraction of sp³-hybridized carbons (Fsp3) is 0.400. The molecule has 1 heterocycles. The van der Waals surface area contributed by atoms with E-state index in [1.807, 2.05) is 6.20 Å². The molecule has 2 heteroatoms. The van der Waals surface area contributed by atoms with Crippen molar-refractivity contribution >= 4 is 0 Å². The van der Waals surface area contributed by atoms with Crippen molar-refractivity contribution < 1.29 is 0 Å². The van der Waals surface area contributed by atoms with E-state index < -0.39 is 0 Å². The highest BCUT2D eigenvalue weighted by Gasteiger charge is 2.26. The Balaban J connectivity index is 1.95. The monoisotopic (exact) mass is 226 g/mol. The van der Waals surface area contributed by atoms with E-state index in [0.717, 1.165) is 0 Å². The molecule has 1 aromatic carbocycles. The molecule has 0 aliphatic heterocycles. The van der Waals surface area contributed by atoms with Crippen LogP contribution in [0, 0.1) is 0 Å². The van der Waals surface area contributed by atoms with Crippen molar-refractivity contribution in [1.82, 2.24) is 9.78 Å². The largest absolute Gasteiger partial charge is 0.262 e. The predicted molar refractivity (Wildman–Crippen MR) is 70.0 cm³/mol. The predicted octanol–water partition coefficient (Wildman–Crippen LogP) is 4.01. The second kappa shape index (κ2) is 4.02. The molecule has 17 heavy (non-hydrogen) atoms. The Labute approximate surface area is 102 Å². The van der Waals surface area contributed by atoms with Crippen LogP contribution < -0.4 is 0 Å². The smallest absolute Gasteiger partial charge is 0.0685 e. The highest BCUT2D eigenvalue weighted by atomic mass is 15.3. The minimum atomic E-state index is 0.595. The molecule has 2 nitrogen and oxygen atoms in total. The molecule has 0 radical (unpaired) electrons. The lowest BCUT2D eigenvalue weighted by atomic mass is 10.0. The van der Waals surface area contributed by atoms with E-state index in [2.05, 4.69) is 54.0 Å². The summed E-state index contributed by atoms with van der Waals surface area (Å²) in [6, 6.07) is 11.6. The lowest BCUT2D eigenvalue weighted by Gasteiger charge is -2.08. The van der Waals surface area contributed by atoms with Gasteiger partial charge in [0.25, 0.3) is 0 Å². The van der Waals surface area contributed by atoms with E-state index >= 15 is 0 Å². The van der Waals surface area contributed by atoms with Crippen LogP contribution in [0.3, 0.4) is 0 Å². The Hall–Kier alpha value is -1.57. The fourth-order valence-electron chi connectivity index (χ4n) is 2.19. The maximum absolute atomic E-state index is 4.43. The standard InChI is InChI=1S/C15H18N2/c1-11(2)12-3-5-13(6-4-12)15-9-10-16-17(15)14-7-8-14/h3-6,9-11,14H,7-8H2,1-2H3. The first-order chi connectivity index (χ1) is 8.25. The van der Waals surface area contributed by atoms with Crippen LogP contribution in [0.25, 0.3) is 11.3 Å².